The lowest BCUT2D eigenvalue weighted by Gasteiger charge is -2.13. The smallest absolute Gasteiger partial charge is 0.303 e. The molecule has 0 saturated heterocycles. The fourth-order valence-corrected chi connectivity index (χ4v) is 3.13. The van der Waals surface area contributed by atoms with Crippen molar-refractivity contribution in [2.75, 3.05) is 26.3 Å². The van der Waals surface area contributed by atoms with E-state index in [2.05, 4.69) is 20.5 Å². The van der Waals surface area contributed by atoms with Gasteiger partial charge in [0, 0.05) is 24.1 Å². The number of H-pyrrole nitrogens is 1. The first-order valence-corrected chi connectivity index (χ1v) is 10.5. The van der Waals surface area contributed by atoms with Crippen molar-refractivity contribution in [1.29, 1.82) is 5.26 Å². The zero-order valence-electron chi connectivity index (χ0n) is 19.1. The van der Waals surface area contributed by atoms with Crippen molar-refractivity contribution >= 4 is 18.1 Å². The number of carboxylic acids is 1. The fraction of sp³-hybridized carbons (Fsp3) is 0.208. The van der Waals surface area contributed by atoms with Gasteiger partial charge < -0.3 is 19.3 Å². The first-order valence-electron chi connectivity index (χ1n) is 10.5. The van der Waals surface area contributed by atoms with Gasteiger partial charge in [-0.05, 0) is 6.42 Å². The molecule has 0 spiro atoms. The summed E-state index contributed by atoms with van der Waals surface area (Å²) in [5, 5.41) is 22.2. The lowest BCUT2D eigenvalue weighted by Crippen LogP contribution is -2.16. The Morgan fingerprint density at radius 3 is 2.51 bits per heavy atom. The molecule has 0 radical (unpaired) electrons. The normalized spacial score (nSPS) is 10.5. The zero-order chi connectivity index (χ0) is 25.2. The van der Waals surface area contributed by atoms with E-state index in [1.54, 1.807) is 36.4 Å². The fourth-order valence-electron chi connectivity index (χ4n) is 3.13. The molecule has 0 atom stereocenters. The molecule has 0 fully saturated rings. The lowest BCUT2D eigenvalue weighted by atomic mass is 10.1. The van der Waals surface area contributed by atoms with Gasteiger partial charge in [0.1, 0.15) is 28.9 Å². The largest absolute Gasteiger partial charge is 0.496 e. The molecule has 0 bridgehead atoms. The van der Waals surface area contributed by atoms with E-state index in [1.807, 2.05) is 12.1 Å². The lowest BCUT2D eigenvalue weighted by molar-refractivity contribution is -0.137. The van der Waals surface area contributed by atoms with Crippen LogP contribution in [-0.4, -0.2) is 48.1 Å². The van der Waals surface area contributed by atoms with Crippen LogP contribution in [-0.2, 0) is 4.79 Å². The Bertz CT molecular complexity index is 1290. The van der Waals surface area contributed by atoms with Crippen molar-refractivity contribution < 1.29 is 24.1 Å². The molecule has 180 valence electrons. The molecule has 0 saturated carbocycles. The van der Waals surface area contributed by atoms with Crippen LogP contribution in [0.15, 0.2) is 52.4 Å². The average Bonchev–Trinajstić information content (AvgIpc) is 2.86. The van der Waals surface area contributed by atoms with Gasteiger partial charge in [0.2, 0.25) is 5.95 Å². The molecule has 0 aliphatic rings. The van der Waals surface area contributed by atoms with Crippen molar-refractivity contribution in [2.45, 2.75) is 12.8 Å². The van der Waals surface area contributed by atoms with Crippen LogP contribution in [0.5, 0.6) is 17.2 Å². The number of hydrogen-bond donors (Lipinski definition) is 3. The molecule has 0 amide bonds. The van der Waals surface area contributed by atoms with Gasteiger partial charge in [-0.3, -0.25) is 14.6 Å². The summed E-state index contributed by atoms with van der Waals surface area (Å²) in [6.45, 7) is 0.217. The Hall–Kier alpha value is -4.85. The molecule has 11 heteroatoms. The second-order valence-corrected chi connectivity index (χ2v) is 7.07. The summed E-state index contributed by atoms with van der Waals surface area (Å²) < 4.78 is 16.4. The van der Waals surface area contributed by atoms with E-state index in [0.29, 0.717) is 34.8 Å². The second kappa shape index (κ2) is 11.9. The molecule has 3 aromatic rings. The number of nitrogens with zero attached hydrogens (tertiary/aromatic N) is 3. The number of rotatable bonds is 11. The Kier molecular flexibility index (Phi) is 8.39. The predicted molar refractivity (Wildman–Crippen MR) is 128 cm³/mol. The number of hydrogen-bond acceptors (Lipinski definition) is 9. The van der Waals surface area contributed by atoms with Crippen LogP contribution in [0.25, 0.3) is 11.3 Å². The molecular weight excluding hydrogens is 454 g/mol. The van der Waals surface area contributed by atoms with E-state index in [9.17, 15) is 14.9 Å². The summed E-state index contributed by atoms with van der Waals surface area (Å²) in [6.07, 6.45) is 1.78. The minimum atomic E-state index is -0.892. The number of aromatic amines is 1. The summed E-state index contributed by atoms with van der Waals surface area (Å²) in [7, 11) is 2.94. The Balaban J connectivity index is 1.83. The molecule has 3 rings (SSSR count). The van der Waals surface area contributed by atoms with Crippen LogP contribution in [0.2, 0.25) is 0 Å². The number of benzene rings is 2. The monoisotopic (exact) mass is 477 g/mol. The maximum atomic E-state index is 12.4. The van der Waals surface area contributed by atoms with Gasteiger partial charge in [-0.15, -0.1) is 0 Å². The number of nitriles is 1. The highest BCUT2D eigenvalue weighted by molar-refractivity contribution is 5.88. The Morgan fingerprint density at radius 1 is 1.23 bits per heavy atom. The van der Waals surface area contributed by atoms with E-state index < -0.39 is 11.5 Å². The molecule has 1 heterocycles. The minimum Gasteiger partial charge on any atom is -0.496 e. The molecule has 1 aromatic heterocycles. The molecule has 0 unspecified atom stereocenters. The highest BCUT2D eigenvalue weighted by Gasteiger charge is 2.14. The number of carbonyl (C=O) groups is 1. The van der Waals surface area contributed by atoms with Gasteiger partial charge in [0.25, 0.3) is 5.56 Å². The Morgan fingerprint density at radius 2 is 1.91 bits per heavy atom. The number of carboxylic acid groups (broad SMARTS) is 1. The molecular formula is C24H23N5O6. The number of anilines is 1. The number of hydrazone groups is 1. The molecule has 0 aliphatic carbocycles. The summed E-state index contributed by atoms with van der Waals surface area (Å²) >= 11 is 0. The molecule has 0 aliphatic heterocycles. The van der Waals surface area contributed by atoms with Crippen LogP contribution in [0.3, 0.4) is 0 Å². The van der Waals surface area contributed by atoms with Crippen molar-refractivity contribution in [1.82, 2.24) is 9.97 Å². The highest BCUT2D eigenvalue weighted by Crippen LogP contribution is 2.33. The maximum Gasteiger partial charge on any atom is 0.303 e. The molecule has 2 aromatic carbocycles. The number of ether oxygens (including phenoxy) is 3. The second-order valence-electron chi connectivity index (χ2n) is 7.07. The number of aliphatic carboxylic acids is 1. The molecule has 35 heavy (non-hydrogen) atoms. The van der Waals surface area contributed by atoms with Crippen molar-refractivity contribution in [2.24, 2.45) is 5.10 Å². The van der Waals surface area contributed by atoms with Crippen molar-refractivity contribution in [3.05, 3.63) is 63.9 Å². The van der Waals surface area contributed by atoms with E-state index in [1.165, 1.54) is 20.4 Å². The van der Waals surface area contributed by atoms with Crippen LogP contribution in [0, 0.1) is 11.3 Å². The quantitative estimate of drug-likeness (QED) is 0.214. The van der Waals surface area contributed by atoms with E-state index in [0.717, 1.165) is 0 Å². The van der Waals surface area contributed by atoms with E-state index >= 15 is 0 Å². The maximum absolute atomic E-state index is 12.4. The Labute approximate surface area is 200 Å². The summed E-state index contributed by atoms with van der Waals surface area (Å²) in [5.41, 5.74) is 3.29. The topological polar surface area (TPSA) is 159 Å². The summed E-state index contributed by atoms with van der Waals surface area (Å²) in [6, 6.07) is 14.0. The van der Waals surface area contributed by atoms with Crippen molar-refractivity contribution in [3.63, 3.8) is 0 Å². The van der Waals surface area contributed by atoms with Gasteiger partial charge in [0.05, 0.1) is 38.3 Å². The van der Waals surface area contributed by atoms with Crippen LogP contribution in [0.4, 0.5) is 5.95 Å². The highest BCUT2D eigenvalue weighted by atomic mass is 16.5. The number of nitrogens with one attached hydrogen (secondary N) is 2. The minimum absolute atomic E-state index is 0.00212. The molecule has 11 nitrogen and oxygen atoms in total. The van der Waals surface area contributed by atoms with Gasteiger partial charge in [-0.1, -0.05) is 30.3 Å². The summed E-state index contributed by atoms with van der Waals surface area (Å²) in [4.78, 5) is 29.9. The van der Waals surface area contributed by atoms with E-state index in [-0.39, 0.29) is 30.2 Å². The first-order chi connectivity index (χ1) is 17.0. The van der Waals surface area contributed by atoms with Gasteiger partial charge in [-0.25, -0.2) is 10.4 Å². The predicted octanol–water partition coefficient (Wildman–Crippen LogP) is 3.02. The standard InChI is InChI=1S/C24H23N5O6/c1-33-19-11-16(35-10-6-9-21(30)31)12-20(34-2)18(19)14-26-29-24-27-22(15-7-4-3-5-8-15)17(13-25)23(32)28-24/h3-5,7-8,11-12,14H,6,9-10H2,1-2H3,(H,30,31)(H2,27,28,29,32). The third-order valence-corrected chi connectivity index (χ3v) is 4.76. The molecule has 3 N–H and O–H groups in total. The summed E-state index contributed by atoms with van der Waals surface area (Å²) in [5.74, 6) is 0.390. The van der Waals surface area contributed by atoms with Gasteiger partial charge in [0.15, 0.2) is 0 Å². The van der Waals surface area contributed by atoms with Crippen LogP contribution in [0.1, 0.15) is 24.0 Å². The third kappa shape index (κ3) is 6.35. The average molecular weight is 477 g/mol. The van der Waals surface area contributed by atoms with Gasteiger partial charge >= 0.3 is 5.97 Å². The zero-order valence-corrected chi connectivity index (χ0v) is 19.1. The van der Waals surface area contributed by atoms with E-state index in [4.69, 9.17) is 19.3 Å². The van der Waals surface area contributed by atoms with Crippen LogP contribution >= 0.6 is 0 Å². The SMILES string of the molecule is COc1cc(OCCCC(=O)O)cc(OC)c1C=NNc1nc(-c2ccccc2)c(C#N)c(=O)[nH]1. The number of aromatic nitrogens is 2. The van der Waals surface area contributed by atoms with Crippen LogP contribution < -0.4 is 25.2 Å². The van der Waals surface area contributed by atoms with Crippen molar-refractivity contribution in [3.8, 4) is 34.6 Å². The first kappa shape index (κ1) is 24.8. The number of methoxy groups -OCH3 is 2. The third-order valence-electron chi connectivity index (χ3n) is 4.76. The van der Waals surface area contributed by atoms with Gasteiger partial charge in [-0.2, -0.15) is 10.4 Å².